The van der Waals surface area contributed by atoms with Gasteiger partial charge in [0, 0.05) is 43.0 Å². The Balaban J connectivity index is 1.35. The van der Waals surface area contributed by atoms with Gasteiger partial charge in [-0.25, -0.2) is 22.9 Å². The highest BCUT2D eigenvalue weighted by Gasteiger charge is 2.29. The van der Waals surface area contributed by atoms with Crippen LogP contribution in [0.3, 0.4) is 0 Å². The Morgan fingerprint density at radius 1 is 1.10 bits per heavy atom. The van der Waals surface area contributed by atoms with Crippen LogP contribution in [0, 0.1) is 23.4 Å². The number of benzene rings is 1. The number of nitrogens with zero attached hydrogens (tertiary/aromatic N) is 4. The molecule has 4 aromatic rings. The van der Waals surface area contributed by atoms with Gasteiger partial charge in [-0.1, -0.05) is 6.92 Å². The molecule has 1 aromatic carbocycles. The van der Waals surface area contributed by atoms with E-state index < -0.39 is 40.4 Å². The second-order valence-electron chi connectivity index (χ2n) is 11.6. The molecule has 1 aliphatic heterocycles. The largest absolute Gasteiger partial charge is 0.444 e. The minimum absolute atomic E-state index is 0.0776. The highest BCUT2D eigenvalue weighted by Crippen LogP contribution is 2.33. The minimum atomic E-state index is -0.946. The molecule has 0 spiro atoms. The molecule has 0 saturated carbocycles. The monoisotopic (exact) mass is 578 g/mol. The summed E-state index contributed by atoms with van der Waals surface area (Å²) in [4.78, 5) is 27.1. The molecule has 0 aliphatic carbocycles. The van der Waals surface area contributed by atoms with E-state index in [-0.39, 0.29) is 23.5 Å². The summed E-state index contributed by atoms with van der Waals surface area (Å²) in [5, 5.41) is 6.34. The Bertz CT molecular complexity index is 1610. The second-order valence-corrected chi connectivity index (χ2v) is 11.6. The van der Waals surface area contributed by atoms with Crippen LogP contribution >= 0.6 is 0 Å². The quantitative estimate of drug-likeness (QED) is 0.271. The van der Waals surface area contributed by atoms with Gasteiger partial charge in [0.15, 0.2) is 0 Å². The highest BCUT2D eigenvalue weighted by atomic mass is 19.1. The van der Waals surface area contributed by atoms with Gasteiger partial charge in [0.05, 0.1) is 40.9 Å². The van der Waals surface area contributed by atoms with E-state index in [4.69, 9.17) is 4.74 Å². The number of nitrogens with one attached hydrogen (secondary N) is 2. The maximum absolute atomic E-state index is 15.3. The summed E-state index contributed by atoms with van der Waals surface area (Å²) in [6.07, 6.45) is 5.14. The van der Waals surface area contributed by atoms with Crippen molar-refractivity contribution >= 4 is 28.4 Å². The van der Waals surface area contributed by atoms with Crippen LogP contribution in [0.4, 0.5) is 29.3 Å². The standard InChI is InChI=1S/C31H33F3N6O2/c1-18-12-20(39-30(41)42-31(2,3)4)17-40(16-18)26-9-11-35-15-25(26)37-14-19-7-8-22(32)29(38-19)27-23(33)13-24-21(28(27)34)6-5-10-36-24/h5-11,13,15,18,20,37H,12,14,16-17H2,1-4H3,(H,39,41)/t18-,20+/m1/s1. The van der Waals surface area contributed by atoms with Gasteiger partial charge < -0.3 is 20.3 Å². The van der Waals surface area contributed by atoms with Crippen LogP contribution in [0.5, 0.6) is 0 Å². The number of fused-ring (bicyclic) bond motifs is 1. The number of hydrogen-bond donors (Lipinski definition) is 2. The van der Waals surface area contributed by atoms with Gasteiger partial charge in [0.2, 0.25) is 0 Å². The summed E-state index contributed by atoms with van der Waals surface area (Å²) >= 11 is 0. The molecule has 0 radical (unpaired) electrons. The number of carbonyl (C=O) groups excluding carboxylic acids is 1. The van der Waals surface area contributed by atoms with Crippen molar-refractivity contribution in [2.24, 2.45) is 5.92 Å². The molecule has 220 valence electrons. The van der Waals surface area contributed by atoms with E-state index in [1.165, 1.54) is 24.4 Å². The Morgan fingerprint density at radius 3 is 2.69 bits per heavy atom. The third kappa shape index (κ3) is 6.56. The normalized spacial score (nSPS) is 17.3. The Morgan fingerprint density at radius 2 is 1.90 bits per heavy atom. The fourth-order valence-electron chi connectivity index (χ4n) is 5.24. The first-order chi connectivity index (χ1) is 20.0. The van der Waals surface area contributed by atoms with Crippen molar-refractivity contribution in [1.82, 2.24) is 20.3 Å². The Kier molecular flexibility index (Phi) is 8.20. The lowest BCUT2D eigenvalue weighted by Gasteiger charge is -2.39. The molecule has 8 nitrogen and oxygen atoms in total. The minimum Gasteiger partial charge on any atom is -0.444 e. The summed E-state index contributed by atoms with van der Waals surface area (Å²) in [5.74, 6) is -2.41. The number of amides is 1. The average Bonchev–Trinajstić information content (AvgIpc) is 2.92. The fraction of sp³-hybridized carbons (Fsp3) is 0.355. The van der Waals surface area contributed by atoms with Crippen molar-refractivity contribution in [1.29, 1.82) is 0 Å². The zero-order chi connectivity index (χ0) is 30.0. The van der Waals surface area contributed by atoms with Crippen molar-refractivity contribution in [3.05, 3.63) is 78.1 Å². The number of ether oxygens (including phenoxy) is 1. The lowest BCUT2D eigenvalue weighted by molar-refractivity contribution is 0.0495. The van der Waals surface area contributed by atoms with Gasteiger partial charge in [-0.05, 0) is 63.4 Å². The summed E-state index contributed by atoms with van der Waals surface area (Å²) in [6, 6.07) is 8.44. The molecule has 1 amide bonds. The molecular weight excluding hydrogens is 545 g/mol. The molecule has 2 N–H and O–H groups in total. The number of anilines is 2. The number of halogens is 3. The summed E-state index contributed by atoms with van der Waals surface area (Å²) in [6.45, 7) is 9.06. The molecule has 0 unspecified atom stereocenters. The first-order valence-electron chi connectivity index (χ1n) is 13.8. The summed E-state index contributed by atoms with van der Waals surface area (Å²) < 4.78 is 50.6. The van der Waals surface area contributed by atoms with Crippen LogP contribution in [0.15, 0.2) is 55.0 Å². The lowest BCUT2D eigenvalue weighted by Crippen LogP contribution is -2.51. The molecule has 42 heavy (non-hydrogen) atoms. The molecule has 1 aliphatic rings. The first-order valence-corrected chi connectivity index (χ1v) is 13.8. The molecule has 0 bridgehead atoms. The maximum atomic E-state index is 15.3. The Hall–Kier alpha value is -4.41. The van der Waals surface area contributed by atoms with Crippen molar-refractivity contribution in [3.8, 4) is 11.3 Å². The molecule has 11 heteroatoms. The predicted molar refractivity (Wildman–Crippen MR) is 156 cm³/mol. The lowest BCUT2D eigenvalue weighted by atomic mass is 9.95. The van der Waals surface area contributed by atoms with E-state index >= 15 is 4.39 Å². The number of aromatic nitrogens is 3. The number of rotatable bonds is 6. The van der Waals surface area contributed by atoms with Crippen molar-refractivity contribution in [3.63, 3.8) is 0 Å². The third-order valence-electron chi connectivity index (χ3n) is 6.92. The molecule has 1 fully saturated rings. The van der Waals surface area contributed by atoms with Crippen molar-refractivity contribution in [2.75, 3.05) is 23.3 Å². The van der Waals surface area contributed by atoms with Gasteiger partial charge in [-0.3, -0.25) is 9.97 Å². The number of carbonyl (C=O) groups is 1. The predicted octanol–water partition coefficient (Wildman–Crippen LogP) is 6.46. The van der Waals surface area contributed by atoms with E-state index in [0.717, 1.165) is 30.8 Å². The molecule has 5 rings (SSSR count). The third-order valence-corrected chi connectivity index (χ3v) is 6.92. The highest BCUT2D eigenvalue weighted by molar-refractivity contribution is 5.85. The number of alkyl carbamates (subject to hydrolysis) is 1. The first kappa shape index (κ1) is 29.1. The van der Waals surface area contributed by atoms with Gasteiger partial charge in [0.25, 0.3) is 0 Å². The molecule has 4 heterocycles. The van der Waals surface area contributed by atoms with Gasteiger partial charge in [-0.15, -0.1) is 0 Å². The molecular formula is C31H33F3N6O2. The smallest absolute Gasteiger partial charge is 0.407 e. The van der Waals surface area contributed by atoms with Crippen molar-refractivity contribution < 1.29 is 22.7 Å². The van der Waals surface area contributed by atoms with Gasteiger partial charge in [-0.2, -0.15) is 0 Å². The van der Waals surface area contributed by atoms with E-state index in [1.54, 1.807) is 12.4 Å². The van der Waals surface area contributed by atoms with Crippen molar-refractivity contribution in [2.45, 2.75) is 52.3 Å². The van der Waals surface area contributed by atoms with Crippen LogP contribution < -0.4 is 15.5 Å². The van der Waals surface area contributed by atoms with E-state index in [0.29, 0.717) is 23.8 Å². The SMILES string of the molecule is C[C@@H]1C[C@H](NC(=O)OC(C)(C)C)CN(c2ccncc2NCc2ccc(F)c(-c3c(F)cc4ncccc4c3F)n2)C1. The van der Waals surface area contributed by atoms with Crippen LogP contribution in [0.1, 0.15) is 39.8 Å². The number of hydrogen-bond acceptors (Lipinski definition) is 7. The van der Waals surface area contributed by atoms with Gasteiger partial charge in [0.1, 0.15) is 28.7 Å². The van der Waals surface area contributed by atoms with E-state index in [2.05, 4.69) is 37.4 Å². The van der Waals surface area contributed by atoms with Crippen LogP contribution in [-0.2, 0) is 11.3 Å². The van der Waals surface area contributed by atoms with E-state index in [1.807, 2.05) is 26.8 Å². The zero-order valence-corrected chi connectivity index (χ0v) is 23.9. The molecule has 3 aromatic heterocycles. The summed E-state index contributed by atoms with van der Waals surface area (Å²) in [7, 11) is 0. The zero-order valence-electron chi connectivity index (χ0n) is 23.9. The van der Waals surface area contributed by atoms with Crippen LogP contribution in [-0.4, -0.2) is 45.8 Å². The molecule has 2 atom stereocenters. The van der Waals surface area contributed by atoms with Gasteiger partial charge >= 0.3 is 6.09 Å². The van der Waals surface area contributed by atoms with E-state index in [9.17, 15) is 13.6 Å². The Labute approximate surface area is 242 Å². The van der Waals surface area contributed by atoms with Crippen LogP contribution in [0.2, 0.25) is 0 Å². The topological polar surface area (TPSA) is 92.3 Å². The summed E-state index contributed by atoms with van der Waals surface area (Å²) in [5.41, 5.74) is 0.532. The molecule has 1 saturated heterocycles. The average molecular weight is 579 g/mol. The number of pyridine rings is 3. The fourth-order valence-corrected chi connectivity index (χ4v) is 5.24. The second kappa shape index (κ2) is 11.8. The van der Waals surface area contributed by atoms with Crippen LogP contribution in [0.25, 0.3) is 22.2 Å². The number of piperidine rings is 1. The maximum Gasteiger partial charge on any atom is 0.407 e.